The number of carbonyl (C=O) groups is 2. The maximum atomic E-state index is 14.5. The number of benzene rings is 4. The largest absolute Gasteiger partial charge is 0.354 e. The van der Waals surface area contributed by atoms with E-state index < -0.39 is 28.5 Å². The summed E-state index contributed by atoms with van der Waals surface area (Å²) in [6, 6.07) is 27.7. The highest BCUT2D eigenvalue weighted by Crippen LogP contribution is 2.35. The van der Waals surface area contributed by atoms with Gasteiger partial charge in [0, 0.05) is 24.5 Å². The van der Waals surface area contributed by atoms with Crippen molar-refractivity contribution >= 4 is 62.3 Å². The summed E-state index contributed by atoms with van der Waals surface area (Å²) in [5, 5.41) is 3.47. The van der Waals surface area contributed by atoms with Gasteiger partial charge in [-0.2, -0.15) is 0 Å². The Morgan fingerprint density at radius 3 is 2.09 bits per heavy atom. The van der Waals surface area contributed by atoms with Crippen molar-refractivity contribution in [3.05, 3.63) is 129 Å². The zero-order valence-electron chi connectivity index (χ0n) is 24.7. The van der Waals surface area contributed by atoms with E-state index >= 15 is 0 Å². The molecule has 236 valence electrons. The first-order valence-corrected chi connectivity index (χ1v) is 17.1. The molecule has 0 saturated heterocycles. The average molecular weight is 687 g/mol. The van der Waals surface area contributed by atoms with Gasteiger partial charge in [0.2, 0.25) is 11.8 Å². The van der Waals surface area contributed by atoms with Gasteiger partial charge in [0.05, 0.1) is 20.6 Å². The minimum Gasteiger partial charge on any atom is -0.354 e. The monoisotopic (exact) mass is 685 g/mol. The van der Waals surface area contributed by atoms with Crippen LogP contribution in [0.4, 0.5) is 5.69 Å². The summed E-state index contributed by atoms with van der Waals surface area (Å²) in [4.78, 5) is 29.7. The lowest BCUT2D eigenvalue weighted by atomic mass is 10.0. The van der Waals surface area contributed by atoms with Gasteiger partial charge in [0.1, 0.15) is 12.6 Å². The zero-order valence-corrected chi connectivity index (χ0v) is 27.8. The molecule has 0 radical (unpaired) electrons. The quantitative estimate of drug-likeness (QED) is 0.140. The number of nitrogens with zero attached hydrogens (tertiary/aromatic N) is 2. The molecule has 2 amide bonds. The molecule has 4 aromatic carbocycles. The highest BCUT2D eigenvalue weighted by Gasteiger charge is 2.35. The number of hydrogen-bond donors (Lipinski definition) is 1. The van der Waals surface area contributed by atoms with Crippen molar-refractivity contribution in [2.45, 2.75) is 43.7 Å². The Bertz CT molecular complexity index is 1710. The summed E-state index contributed by atoms with van der Waals surface area (Å²) in [6.07, 6.45) is 1.83. The predicted molar refractivity (Wildman–Crippen MR) is 181 cm³/mol. The first kappa shape index (κ1) is 34.3. The van der Waals surface area contributed by atoms with Gasteiger partial charge in [-0.05, 0) is 47.9 Å². The van der Waals surface area contributed by atoms with Crippen LogP contribution in [-0.2, 0) is 32.6 Å². The Kier molecular flexibility index (Phi) is 12.3. The van der Waals surface area contributed by atoms with Gasteiger partial charge in [-0.25, -0.2) is 8.42 Å². The van der Waals surface area contributed by atoms with E-state index in [1.807, 2.05) is 37.3 Å². The van der Waals surface area contributed by atoms with E-state index in [1.54, 1.807) is 48.5 Å². The third-order valence-electron chi connectivity index (χ3n) is 7.21. The van der Waals surface area contributed by atoms with Crippen LogP contribution in [-0.4, -0.2) is 44.3 Å². The van der Waals surface area contributed by atoms with Crippen LogP contribution >= 0.6 is 34.8 Å². The van der Waals surface area contributed by atoms with Crippen molar-refractivity contribution < 1.29 is 18.0 Å². The molecule has 0 unspecified atom stereocenters. The topological polar surface area (TPSA) is 86.8 Å². The molecular formula is C34H34Cl3N3O4S. The van der Waals surface area contributed by atoms with E-state index in [0.29, 0.717) is 17.1 Å². The summed E-state index contributed by atoms with van der Waals surface area (Å²) in [7, 11) is -4.31. The van der Waals surface area contributed by atoms with E-state index in [-0.39, 0.29) is 39.5 Å². The average Bonchev–Trinajstić information content (AvgIpc) is 3.04. The van der Waals surface area contributed by atoms with Gasteiger partial charge < -0.3 is 10.2 Å². The number of amides is 2. The second kappa shape index (κ2) is 16.1. The van der Waals surface area contributed by atoms with Crippen LogP contribution in [0.2, 0.25) is 15.1 Å². The maximum Gasteiger partial charge on any atom is 0.264 e. The molecule has 0 aliphatic rings. The van der Waals surface area contributed by atoms with Crippen LogP contribution in [0.3, 0.4) is 0 Å². The molecule has 0 saturated carbocycles. The molecule has 1 atom stereocenters. The molecule has 0 aliphatic carbocycles. The lowest BCUT2D eigenvalue weighted by Gasteiger charge is -2.34. The Hall–Kier alpha value is -3.56. The molecule has 0 fully saturated rings. The van der Waals surface area contributed by atoms with E-state index in [0.717, 1.165) is 22.7 Å². The second-order valence-electron chi connectivity index (χ2n) is 10.4. The minimum absolute atomic E-state index is 0.0257. The van der Waals surface area contributed by atoms with E-state index in [1.165, 1.54) is 29.2 Å². The zero-order chi connectivity index (χ0) is 32.4. The van der Waals surface area contributed by atoms with Crippen LogP contribution < -0.4 is 9.62 Å². The lowest BCUT2D eigenvalue weighted by Crippen LogP contribution is -2.53. The van der Waals surface area contributed by atoms with E-state index in [9.17, 15) is 18.0 Å². The fourth-order valence-electron chi connectivity index (χ4n) is 4.79. The molecule has 0 aromatic heterocycles. The van der Waals surface area contributed by atoms with Gasteiger partial charge in [0.25, 0.3) is 10.0 Å². The summed E-state index contributed by atoms with van der Waals surface area (Å²) in [5.41, 5.74) is 1.47. The van der Waals surface area contributed by atoms with Gasteiger partial charge in [0.15, 0.2) is 0 Å². The first-order chi connectivity index (χ1) is 21.6. The number of unbranched alkanes of at least 4 members (excludes halogenated alkanes) is 1. The minimum atomic E-state index is -4.31. The summed E-state index contributed by atoms with van der Waals surface area (Å²) < 4.78 is 29.1. The summed E-state index contributed by atoms with van der Waals surface area (Å²) in [5.74, 6) is -0.983. The molecule has 0 spiro atoms. The number of sulfonamides is 1. The van der Waals surface area contributed by atoms with Crippen molar-refractivity contribution in [3.63, 3.8) is 0 Å². The SMILES string of the molecule is CCCCNC(=O)[C@H](Cc1ccccc1)N(Cc1ccccc1Cl)C(=O)CN(c1cccc(Cl)c1Cl)S(=O)(=O)c1ccccc1. The van der Waals surface area contributed by atoms with Crippen LogP contribution in [0.5, 0.6) is 0 Å². The van der Waals surface area contributed by atoms with Crippen molar-refractivity contribution in [2.75, 3.05) is 17.4 Å². The molecule has 45 heavy (non-hydrogen) atoms. The van der Waals surface area contributed by atoms with Crippen LogP contribution in [0.25, 0.3) is 0 Å². The first-order valence-electron chi connectivity index (χ1n) is 14.5. The summed E-state index contributed by atoms with van der Waals surface area (Å²) >= 11 is 19.4. The molecule has 0 bridgehead atoms. The third-order valence-corrected chi connectivity index (χ3v) is 10.2. The molecule has 11 heteroatoms. The third kappa shape index (κ3) is 8.79. The Morgan fingerprint density at radius 2 is 1.42 bits per heavy atom. The van der Waals surface area contributed by atoms with Gasteiger partial charge in [-0.15, -0.1) is 0 Å². The summed E-state index contributed by atoms with van der Waals surface area (Å²) in [6.45, 7) is 1.75. The van der Waals surface area contributed by atoms with Crippen LogP contribution in [0.15, 0.2) is 108 Å². The maximum absolute atomic E-state index is 14.5. The fraction of sp³-hybridized carbons (Fsp3) is 0.235. The van der Waals surface area contributed by atoms with E-state index in [4.69, 9.17) is 34.8 Å². The number of anilines is 1. The molecular weight excluding hydrogens is 653 g/mol. The number of nitrogens with one attached hydrogen (secondary N) is 1. The second-order valence-corrected chi connectivity index (χ2v) is 13.4. The number of rotatable bonds is 14. The van der Waals surface area contributed by atoms with Crippen LogP contribution in [0, 0.1) is 0 Å². The van der Waals surface area contributed by atoms with Gasteiger partial charge in [-0.1, -0.05) is 121 Å². The Balaban J connectivity index is 1.82. The van der Waals surface area contributed by atoms with Gasteiger partial charge >= 0.3 is 0 Å². The predicted octanol–water partition coefficient (Wildman–Crippen LogP) is 7.40. The Morgan fingerprint density at radius 1 is 0.800 bits per heavy atom. The van der Waals surface area contributed by atoms with Gasteiger partial charge in [-0.3, -0.25) is 13.9 Å². The van der Waals surface area contributed by atoms with E-state index in [2.05, 4.69) is 5.32 Å². The van der Waals surface area contributed by atoms with Crippen molar-refractivity contribution in [2.24, 2.45) is 0 Å². The number of carbonyl (C=O) groups excluding carboxylic acids is 2. The number of halogens is 3. The van der Waals surface area contributed by atoms with Crippen molar-refractivity contribution in [1.29, 1.82) is 0 Å². The molecule has 4 aromatic rings. The molecule has 0 heterocycles. The highest BCUT2D eigenvalue weighted by atomic mass is 35.5. The van der Waals surface area contributed by atoms with Crippen molar-refractivity contribution in [1.82, 2.24) is 10.2 Å². The molecule has 1 N–H and O–H groups in total. The molecule has 7 nitrogen and oxygen atoms in total. The fourth-order valence-corrected chi connectivity index (χ4v) is 6.88. The standard InChI is InChI=1S/C34H34Cl3N3O4S/c1-2-3-21-38-34(42)31(22-25-13-6-4-7-14-25)39(23-26-15-10-11-18-28(26)35)32(41)24-40(30-20-12-19-29(36)33(30)37)45(43,44)27-16-8-5-9-17-27/h4-20,31H,2-3,21-24H2,1H3,(H,38,42)/t31-/m0/s1. The highest BCUT2D eigenvalue weighted by molar-refractivity contribution is 7.92. The lowest BCUT2D eigenvalue weighted by molar-refractivity contribution is -0.140. The van der Waals surface area contributed by atoms with Crippen LogP contribution in [0.1, 0.15) is 30.9 Å². The normalized spacial score (nSPS) is 11.9. The molecule has 4 rings (SSSR count). The Labute approximate surface area is 279 Å². The number of hydrogen-bond acceptors (Lipinski definition) is 4. The smallest absolute Gasteiger partial charge is 0.264 e. The molecule has 0 aliphatic heterocycles. The van der Waals surface area contributed by atoms with Crippen molar-refractivity contribution in [3.8, 4) is 0 Å².